The molecule has 1 fully saturated rings. The molecule has 0 aliphatic carbocycles. The van der Waals surface area contributed by atoms with Gasteiger partial charge in [-0.05, 0) is 57.4 Å². The lowest BCUT2D eigenvalue weighted by Crippen LogP contribution is -2.37. The molecule has 94 valence electrons. The van der Waals surface area contributed by atoms with Gasteiger partial charge in [0.1, 0.15) is 5.75 Å². The first kappa shape index (κ1) is 12.4. The lowest BCUT2D eigenvalue weighted by atomic mass is 10.00. The van der Waals surface area contributed by atoms with Gasteiger partial charge in [-0.15, -0.1) is 0 Å². The predicted octanol–water partition coefficient (Wildman–Crippen LogP) is 3.29. The van der Waals surface area contributed by atoms with Crippen LogP contribution in [0.15, 0.2) is 24.3 Å². The number of piperidine rings is 1. The van der Waals surface area contributed by atoms with Crippen molar-refractivity contribution >= 4 is 0 Å². The molecule has 1 aliphatic rings. The Bertz CT molecular complexity index is 345. The van der Waals surface area contributed by atoms with E-state index in [1.807, 2.05) is 6.07 Å². The number of hydrogen-bond acceptors (Lipinski definition) is 2. The smallest absolute Gasteiger partial charge is 0.119 e. The Morgan fingerprint density at radius 2 is 2.29 bits per heavy atom. The van der Waals surface area contributed by atoms with Gasteiger partial charge in [0.05, 0.1) is 6.10 Å². The fourth-order valence-corrected chi connectivity index (χ4v) is 2.49. The van der Waals surface area contributed by atoms with Gasteiger partial charge >= 0.3 is 0 Å². The molecule has 0 saturated carbocycles. The summed E-state index contributed by atoms with van der Waals surface area (Å²) in [5, 5.41) is 3.57. The lowest BCUT2D eigenvalue weighted by molar-refractivity contribution is 0.184. The highest BCUT2D eigenvalue weighted by molar-refractivity contribution is 5.27. The van der Waals surface area contributed by atoms with E-state index in [2.05, 4.69) is 37.4 Å². The fourth-order valence-electron chi connectivity index (χ4n) is 2.49. The third-order valence-electron chi connectivity index (χ3n) is 3.36. The highest BCUT2D eigenvalue weighted by atomic mass is 16.5. The first-order valence-corrected chi connectivity index (χ1v) is 6.71. The summed E-state index contributed by atoms with van der Waals surface area (Å²) in [6.07, 6.45) is 5.36. The van der Waals surface area contributed by atoms with Crippen molar-refractivity contribution in [2.75, 3.05) is 6.54 Å². The molecule has 0 radical (unpaired) electrons. The van der Waals surface area contributed by atoms with Crippen LogP contribution in [-0.4, -0.2) is 18.7 Å². The molecular weight excluding hydrogens is 210 g/mol. The Labute approximate surface area is 104 Å². The standard InChI is InChI=1S/C15H23NO/c1-12-6-5-8-15(10-12)17-13(2)11-14-7-3-4-9-16-14/h5-6,8,10,13-14,16H,3-4,7,9,11H2,1-2H3. The van der Waals surface area contributed by atoms with E-state index in [0.29, 0.717) is 6.04 Å². The Morgan fingerprint density at radius 3 is 3.00 bits per heavy atom. The van der Waals surface area contributed by atoms with Crippen molar-refractivity contribution < 1.29 is 4.74 Å². The zero-order valence-electron chi connectivity index (χ0n) is 10.9. The molecule has 17 heavy (non-hydrogen) atoms. The maximum absolute atomic E-state index is 5.96. The van der Waals surface area contributed by atoms with Crippen molar-refractivity contribution in [3.8, 4) is 5.75 Å². The van der Waals surface area contributed by atoms with Crippen LogP contribution in [0.2, 0.25) is 0 Å². The molecule has 2 rings (SSSR count). The van der Waals surface area contributed by atoms with Crippen molar-refractivity contribution in [3.63, 3.8) is 0 Å². The van der Waals surface area contributed by atoms with Gasteiger partial charge in [0, 0.05) is 6.04 Å². The topological polar surface area (TPSA) is 21.3 Å². The largest absolute Gasteiger partial charge is 0.491 e. The summed E-state index contributed by atoms with van der Waals surface area (Å²) in [5.74, 6) is 0.994. The zero-order valence-corrected chi connectivity index (χ0v) is 10.9. The molecule has 2 heteroatoms. The summed E-state index contributed by atoms with van der Waals surface area (Å²) >= 11 is 0. The first-order chi connectivity index (χ1) is 8.24. The molecule has 0 aromatic heterocycles. The summed E-state index contributed by atoms with van der Waals surface area (Å²) < 4.78 is 5.96. The highest BCUT2D eigenvalue weighted by Gasteiger charge is 2.16. The minimum atomic E-state index is 0.285. The van der Waals surface area contributed by atoms with Crippen molar-refractivity contribution in [2.45, 2.75) is 51.7 Å². The van der Waals surface area contributed by atoms with Gasteiger partial charge in [-0.2, -0.15) is 0 Å². The van der Waals surface area contributed by atoms with Gasteiger partial charge in [0.25, 0.3) is 0 Å². The van der Waals surface area contributed by atoms with E-state index < -0.39 is 0 Å². The number of ether oxygens (including phenoxy) is 1. The van der Waals surface area contributed by atoms with E-state index in [-0.39, 0.29) is 6.10 Å². The first-order valence-electron chi connectivity index (χ1n) is 6.71. The molecule has 1 aromatic rings. The summed E-state index contributed by atoms with van der Waals surface area (Å²) in [6, 6.07) is 8.93. The molecule has 2 atom stereocenters. The van der Waals surface area contributed by atoms with Crippen LogP contribution < -0.4 is 10.1 Å². The van der Waals surface area contributed by atoms with E-state index in [1.54, 1.807) is 0 Å². The summed E-state index contributed by atoms with van der Waals surface area (Å²) in [5.41, 5.74) is 1.26. The summed E-state index contributed by atoms with van der Waals surface area (Å²) in [4.78, 5) is 0. The average Bonchev–Trinajstić information content (AvgIpc) is 2.30. The summed E-state index contributed by atoms with van der Waals surface area (Å²) in [7, 11) is 0. The van der Waals surface area contributed by atoms with Crippen LogP contribution in [-0.2, 0) is 0 Å². The third-order valence-corrected chi connectivity index (χ3v) is 3.36. The lowest BCUT2D eigenvalue weighted by Gasteiger charge is -2.26. The molecule has 2 nitrogen and oxygen atoms in total. The van der Waals surface area contributed by atoms with E-state index in [9.17, 15) is 0 Å². The predicted molar refractivity (Wildman–Crippen MR) is 71.5 cm³/mol. The van der Waals surface area contributed by atoms with Crippen LogP contribution in [0.5, 0.6) is 5.75 Å². The van der Waals surface area contributed by atoms with Crippen molar-refractivity contribution in [1.82, 2.24) is 5.32 Å². The van der Waals surface area contributed by atoms with Gasteiger partial charge in [-0.1, -0.05) is 18.6 Å². The molecule has 1 saturated heterocycles. The molecule has 1 N–H and O–H groups in total. The van der Waals surface area contributed by atoms with Crippen LogP contribution in [0.1, 0.15) is 38.2 Å². The normalized spacial score (nSPS) is 22.1. The van der Waals surface area contributed by atoms with Crippen LogP contribution in [0.3, 0.4) is 0 Å². The molecule has 1 heterocycles. The van der Waals surface area contributed by atoms with E-state index in [1.165, 1.54) is 31.4 Å². The SMILES string of the molecule is Cc1cccc(OC(C)CC2CCCCN2)c1. The van der Waals surface area contributed by atoms with Gasteiger partial charge in [-0.3, -0.25) is 0 Å². The van der Waals surface area contributed by atoms with Gasteiger partial charge < -0.3 is 10.1 Å². The molecule has 1 aliphatic heterocycles. The van der Waals surface area contributed by atoms with Crippen LogP contribution >= 0.6 is 0 Å². The number of nitrogens with one attached hydrogen (secondary N) is 1. The van der Waals surface area contributed by atoms with Crippen molar-refractivity contribution in [2.24, 2.45) is 0 Å². The molecule has 0 bridgehead atoms. The second-order valence-corrected chi connectivity index (χ2v) is 5.13. The minimum absolute atomic E-state index is 0.285. The number of hydrogen-bond donors (Lipinski definition) is 1. The second kappa shape index (κ2) is 6.06. The Balaban J connectivity index is 1.82. The average molecular weight is 233 g/mol. The van der Waals surface area contributed by atoms with Gasteiger partial charge in [0.2, 0.25) is 0 Å². The Morgan fingerprint density at radius 1 is 1.41 bits per heavy atom. The maximum atomic E-state index is 5.96. The molecule has 0 spiro atoms. The Kier molecular flexibility index (Phi) is 4.43. The fraction of sp³-hybridized carbons (Fsp3) is 0.600. The van der Waals surface area contributed by atoms with Gasteiger partial charge in [-0.25, -0.2) is 0 Å². The zero-order chi connectivity index (χ0) is 12.1. The third kappa shape index (κ3) is 4.04. The Hall–Kier alpha value is -1.02. The van der Waals surface area contributed by atoms with E-state index in [4.69, 9.17) is 4.74 Å². The highest BCUT2D eigenvalue weighted by Crippen LogP contribution is 2.18. The summed E-state index contributed by atoms with van der Waals surface area (Å²) in [6.45, 7) is 5.43. The monoisotopic (exact) mass is 233 g/mol. The number of benzene rings is 1. The minimum Gasteiger partial charge on any atom is -0.491 e. The molecule has 0 amide bonds. The number of aryl methyl sites for hydroxylation is 1. The van der Waals surface area contributed by atoms with Crippen LogP contribution in [0, 0.1) is 6.92 Å². The van der Waals surface area contributed by atoms with Crippen molar-refractivity contribution in [1.29, 1.82) is 0 Å². The van der Waals surface area contributed by atoms with Crippen LogP contribution in [0.4, 0.5) is 0 Å². The second-order valence-electron chi connectivity index (χ2n) is 5.13. The van der Waals surface area contributed by atoms with Gasteiger partial charge in [0.15, 0.2) is 0 Å². The quantitative estimate of drug-likeness (QED) is 0.861. The van der Waals surface area contributed by atoms with Crippen LogP contribution in [0.25, 0.3) is 0 Å². The van der Waals surface area contributed by atoms with E-state index >= 15 is 0 Å². The molecular formula is C15H23NO. The van der Waals surface area contributed by atoms with Crippen molar-refractivity contribution in [3.05, 3.63) is 29.8 Å². The van der Waals surface area contributed by atoms with E-state index in [0.717, 1.165) is 12.2 Å². The molecule has 1 aromatic carbocycles. The number of rotatable bonds is 4. The molecule has 2 unspecified atom stereocenters. The maximum Gasteiger partial charge on any atom is 0.119 e.